The first-order valence-corrected chi connectivity index (χ1v) is 10.6. The number of benzene rings is 2. The lowest BCUT2D eigenvalue weighted by Crippen LogP contribution is -2.35. The Morgan fingerprint density at radius 1 is 1.03 bits per heavy atom. The van der Waals surface area contributed by atoms with Crippen molar-refractivity contribution in [2.75, 3.05) is 39.7 Å². The number of urea groups is 1. The minimum Gasteiger partial charge on any atom is -0.493 e. The van der Waals surface area contributed by atoms with Gasteiger partial charge in [-0.1, -0.05) is 18.2 Å². The number of carbonyl (C=O) groups is 1. The summed E-state index contributed by atoms with van der Waals surface area (Å²) in [5.74, 6) is 1.24. The largest absolute Gasteiger partial charge is 0.493 e. The summed E-state index contributed by atoms with van der Waals surface area (Å²) in [4.78, 5) is 14.5. The Morgan fingerprint density at radius 2 is 1.66 bits per heavy atom. The Labute approximate surface area is 170 Å². The zero-order valence-electron chi connectivity index (χ0n) is 16.5. The van der Waals surface area contributed by atoms with E-state index in [1.807, 2.05) is 0 Å². The van der Waals surface area contributed by atoms with Gasteiger partial charge in [0.1, 0.15) is 0 Å². The lowest BCUT2D eigenvalue weighted by atomic mass is 10.2. The molecule has 0 spiro atoms. The Kier molecular flexibility index (Phi) is 6.17. The van der Waals surface area contributed by atoms with E-state index in [1.54, 1.807) is 42.5 Å². The molecule has 0 aromatic heterocycles. The quantitative estimate of drug-likeness (QED) is 0.772. The highest BCUT2D eigenvalue weighted by atomic mass is 32.2. The van der Waals surface area contributed by atoms with E-state index in [0.717, 1.165) is 0 Å². The standard InChI is InChI=1S/C20H24N2O6S/c1-26-17-11-14(12-18(27-2)19(17)28-3)21-20(23)22-10-9-16(13-22)29(24,25)15-7-5-4-6-8-15/h4-8,11-12,16H,9-10,13H2,1-3H3,(H,21,23). The van der Waals surface area contributed by atoms with E-state index in [9.17, 15) is 13.2 Å². The summed E-state index contributed by atoms with van der Waals surface area (Å²) in [5, 5.41) is 2.14. The summed E-state index contributed by atoms with van der Waals surface area (Å²) in [6, 6.07) is 11.2. The van der Waals surface area contributed by atoms with Gasteiger partial charge in [0, 0.05) is 25.2 Å². The van der Waals surface area contributed by atoms with Crippen LogP contribution in [-0.4, -0.2) is 59.0 Å². The van der Waals surface area contributed by atoms with Crippen LogP contribution in [0, 0.1) is 0 Å². The van der Waals surface area contributed by atoms with Crippen LogP contribution in [-0.2, 0) is 9.84 Å². The van der Waals surface area contributed by atoms with Crippen LogP contribution >= 0.6 is 0 Å². The lowest BCUT2D eigenvalue weighted by molar-refractivity contribution is 0.222. The van der Waals surface area contributed by atoms with Crippen molar-refractivity contribution in [1.29, 1.82) is 0 Å². The van der Waals surface area contributed by atoms with Crippen LogP contribution in [0.4, 0.5) is 10.5 Å². The lowest BCUT2D eigenvalue weighted by Gasteiger charge is -2.19. The van der Waals surface area contributed by atoms with E-state index in [4.69, 9.17) is 14.2 Å². The first kappa shape index (κ1) is 20.8. The van der Waals surface area contributed by atoms with Crippen molar-refractivity contribution in [3.8, 4) is 17.2 Å². The summed E-state index contributed by atoms with van der Waals surface area (Å²) in [7, 11) is 0.987. The third-order valence-corrected chi connectivity index (χ3v) is 7.05. The highest BCUT2D eigenvalue weighted by Crippen LogP contribution is 2.40. The number of nitrogens with zero attached hydrogens (tertiary/aromatic N) is 1. The van der Waals surface area contributed by atoms with Gasteiger partial charge in [-0.3, -0.25) is 0 Å². The summed E-state index contributed by atoms with van der Waals surface area (Å²) < 4.78 is 41.4. The second-order valence-electron chi connectivity index (χ2n) is 6.56. The van der Waals surface area contributed by atoms with E-state index < -0.39 is 15.1 Å². The van der Waals surface area contributed by atoms with E-state index in [0.29, 0.717) is 35.9 Å². The Bertz CT molecular complexity index is 953. The van der Waals surface area contributed by atoms with Crippen molar-refractivity contribution in [2.24, 2.45) is 0 Å². The number of sulfone groups is 1. The highest BCUT2D eigenvalue weighted by molar-refractivity contribution is 7.92. The molecule has 9 heteroatoms. The molecule has 2 amide bonds. The molecule has 1 saturated heterocycles. The van der Waals surface area contributed by atoms with Gasteiger partial charge in [-0.25, -0.2) is 13.2 Å². The monoisotopic (exact) mass is 420 g/mol. The zero-order chi connectivity index (χ0) is 21.0. The van der Waals surface area contributed by atoms with Crippen LogP contribution in [0.2, 0.25) is 0 Å². The molecule has 29 heavy (non-hydrogen) atoms. The first-order valence-electron chi connectivity index (χ1n) is 9.05. The third kappa shape index (κ3) is 4.24. The molecule has 0 saturated carbocycles. The van der Waals surface area contributed by atoms with Gasteiger partial charge >= 0.3 is 6.03 Å². The number of rotatable bonds is 6. The molecule has 3 rings (SSSR count). The molecule has 0 aliphatic carbocycles. The van der Waals surface area contributed by atoms with Crippen molar-refractivity contribution >= 4 is 21.6 Å². The molecule has 1 unspecified atom stereocenters. The van der Waals surface area contributed by atoms with Gasteiger partial charge in [0.05, 0.1) is 37.2 Å². The van der Waals surface area contributed by atoms with E-state index in [-0.39, 0.29) is 17.5 Å². The second-order valence-corrected chi connectivity index (χ2v) is 8.79. The number of likely N-dealkylation sites (tertiary alicyclic amines) is 1. The molecule has 2 aromatic carbocycles. The van der Waals surface area contributed by atoms with E-state index >= 15 is 0 Å². The molecule has 1 aliphatic rings. The van der Waals surface area contributed by atoms with Crippen LogP contribution in [0.1, 0.15) is 6.42 Å². The van der Waals surface area contributed by atoms with Gasteiger partial charge in [-0.15, -0.1) is 0 Å². The van der Waals surface area contributed by atoms with Crippen molar-refractivity contribution < 1.29 is 27.4 Å². The van der Waals surface area contributed by atoms with Crippen molar-refractivity contribution in [3.05, 3.63) is 42.5 Å². The number of hydrogen-bond donors (Lipinski definition) is 1. The molecule has 2 aromatic rings. The predicted molar refractivity (Wildman–Crippen MR) is 109 cm³/mol. The van der Waals surface area contributed by atoms with Gasteiger partial charge in [0.25, 0.3) is 0 Å². The van der Waals surface area contributed by atoms with Crippen LogP contribution < -0.4 is 19.5 Å². The Balaban J connectivity index is 1.73. The maximum atomic E-state index is 12.8. The van der Waals surface area contributed by atoms with Gasteiger partial charge in [-0.05, 0) is 18.6 Å². The number of hydrogen-bond acceptors (Lipinski definition) is 6. The molecule has 156 valence electrons. The predicted octanol–water partition coefficient (Wildman–Crippen LogP) is 2.79. The first-order chi connectivity index (χ1) is 13.9. The molecule has 1 heterocycles. The van der Waals surface area contributed by atoms with Crippen LogP contribution in [0.3, 0.4) is 0 Å². The SMILES string of the molecule is COc1cc(NC(=O)N2CCC(S(=O)(=O)c3ccccc3)C2)cc(OC)c1OC. The summed E-state index contributed by atoms with van der Waals surface area (Å²) in [6.45, 7) is 0.487. The number of anilines is 1. The molecule has 1 atom stereocenters. The maximum absolute atomic E-state index is 12.8. The van der Waals surface area contributed by atoms with Crippen molar-refractivity contribution in [2.45, 2.75) is 16.6 Å². The average Bonchev–Trinajstić information content (AvgIpc) is 3.25. The summed E-state index contributed by atoms with van der Waals surface area (Å²) in [5.41, 5.74) is 0.457. The molecule has 1 N–H and O–H groups in total. The van der Waals surface area contributed by atoms with E-state index in [1.165, 1.54) is 26.2 Å². The molecule has 0 radical (unpaired) electrons. The normalized spacial score (nSPS) is 16.4. The molecule has 1 fully saturated rings. The van der Waals surface area contributed by atoms with Crippen molar-refractivity contribution in [1.82, 2.24) is 4.90 Å². The highest BCUT2D eigenvalue weighted by Gasteiger charge is 2.36. The zero-order valence-corrected chi connectivity index (χ0v) is 17.4. The van der Waals surface area contributed by atoms with Crippen LogP contribution in [0.5, 0.6) is 17.2 Å². The molecule has 0 bridgehead atoms. The maximum Gasteiger partial charge on any atom is 0.321 e. The van der Waals surface area contributed by atoms with Crippen LogP contribution in [0.15, 0.2) is 47.4 Å². The fraction of sp³-hybridized carbons (Fsp3) is 0.350. The van der Waals surface area contributed by atoms with E-state index in [2.05, 4.69) is 5.32 Å². The topological polar surface area (TPSA) is 94.2 Å². The molecular weight excluding hydrogens is 396 g/mol. The third-order valence-electron chi connectivity index (χ3n) is 4.86. The number of nitrogens with one attached hydrogen (secondary N) is 1. The average molecular weight is 420 g/mol. The minimum atomic E-state index is -3.49. The number of ether oxygens (including phenoxy) is 3. The summed E-state index contributed by atoms with van der Waals surface area (Å²) >= 11 is 0. The number of carbonyl (C=O) groups excluding carboxylic acids is 1. The molecular formula is C20H24N2O6S. The number of methoxy groups -OCH3 is 3. The fourth-order valence-corrected chi connectivity index (χ4v) is 5.04. The smallest absolute Gasteiger partial charge is 0.321 e. The fourth-order valence-electron chi connectivity index (χ4n) is 3.32. The molecule has 1 aliphatic heterocycles. The van der Waals surface area contributed by atoms with Gasteiger partial charge in [-0.2, -0.15) is 0 Å². The molecule has 8 nitrogen and oxygen atoms in total. The minimum absolute atomic E-state index is 0.132. The summed E-state index contributed by atoms with van der Waals surface area (Å²) in [6.07, 6.45) is 0.389. The van der Waals surface area contributed by atoms with Crippen LogP contribution in [0.25, 0.3) is 0 Å². The number of amides is 2. The van der Waals surface area contributed by atoms with Gasteiger partial charge in [0.15, 0.2) is 21.3 Å². The van der Waals surface area contributed by atoms with Crippen molar-refractivity contribution in [3.63, 3.8) is 0 Å². The Hall–Kier alpha value is -2.94. The Morgan fingerprint density at radius 3 is 2.21 bits per heavy atom. The van der Waals surface area contributed by atoms with Gasteiger partial charge < -0.3 is 24.4 Å². The van der Waals surface area contributed by atoms with Gasteiger partial charge in [0.2, 0.25) is 5.75 Å². The second kappa shape index (κ2) is 8.60.